The molecule has 9 heteroatoms. The second-order valence-corrected chi connectivity index (χ2v) is 6.69. The zero-order valence-electron chi connectivity index (χ0n) is 16.9. The maximum Gasteiger partial charge on any atom is 0.387 e. The number of carbonyl (C=O) groups is 1. The van der Waals surface area contributed by atoms with E-state index >= 15 is 0 Å². The lowest BCUT2D eigenvalue weighted by Crippen LogP contribution is -2.41. The highest BCUT2D eigenvalue weighted by atomic mass is 19.3. The van der Waals surface area contributed by atoms with Crippen LogP contribution in [-0.2, 0) is 15.1 Å². The normalized spacial score (nSPS) is 18.1. The van der Waals surface area contributed by atoms with Crippen molar-refractivity contribution in [1.82, 2.24) is 4.90 Å². The first-order valence-corrected chi connectivity index (χ1v) is 9.26. The van der Waals surface area contributed by atoms with Gasteiger partial charge in [0, 0.05) is 20.6 Å². The van der Waals surface area contributed by atoms with Gasteiger partial charge < -0.3 is 15.2 Å². The summed E-state index contributed by atoms with van der Waals surface area (Å²) in [7, 11) is 3.00. The van der Waals surface area contributed by atoms with E-state index in [-0.39, 0.29) is 17.3 Å². The number of nitrogens with zero attached hydrogens (tertiary/aromatic N) is 2. The van der Waals surface area contributed by atoms with E-state index in [0.29, 0.717) is 24.2 Å². The average molecular weight is 431 g/mol. The first-order chi connectivity index (χ1) is 14.8. The zero-order chi connectivity index (χ0) is 22.6. The van der Waals surface area contributed by atoms with Gasteiger partial charge in [-0.1, -0.05) is 30.0 Å². The molecule has 0 fully saturated rings. The van der Waals surface area contributed by atoms with Crippen LogP contribution in [0.3, 0.4) is 0 Å². The first-order valence-electron chi connectivity index (χ1n) is 9.26. The molecule has 2 aromatic rings. The molecule has 162 valence electrons. The molecule has 2 aromatic carbocycles. The molecule has 0 spiro atoms. The van der Waals surface area contributed by atoms with Gasteiger partial charge in [0.2, 0.25) is 0 Å². The minimum atomic E-state index is -2.98. The second-order valence-electron chi connectivity index (χ2n) is 6.69. The lowest BCUT2D eigenvalue weighted by molar-refractivity contribution is -0.129. The van der Waals surface area contributed by atoms with Crippen molar-refractivity contribution >= 4 is 11.9 Å². The highest BCUT2D eigenvalue weighted by Gasteiger charge is 2.49. The first kappa shape index (κ1) is 22.2. The molecule has 0 bridgehead atoms. The van der Waals surface area contributed by atoms with Gasteiger partial charge in [-0.3, -0.25) is 9.69 Å². The Morgan fingerprint density at radius 3 is 2.45 bits per heavy atom. The number of rotatable bonds is 6. The summed E-state index contributed by atoms with van der Waals surface area (Å²) in [5.41, 5.74) is 5.08. The van der Waals surface area contributed by atoms with E-state index in [0.717, 1.165) is 0 Å². The summed E-state index contributed by atoms with van der Waals surface area (Å²) in [5, 5.41) is 0. The Kier molecular flexibility index (Phi) is 6.51. The van der Waals surface area contributed by atoms with Gasteiger partial charge in [0.25, 0.3) is 5.91 Å². The molecular formula is C22H20F3N3O3. The van der Waals surface area contributed by atoms with Gasteiger partial charge in [0.15, 0.2) is 11.5 Å². The van der Waals surface area contributed by atoms with Crippen molar-refractivity contribution in [2.75, 3.05) is 20.8 Å². The van der Waals surface area contributed by atoms with Crippen LogP contribution in [0.15, 0.2) is 47.5 Å². The Hall–Kier alpha value is -3.51. The average Bonchev–Trinajstić information content (AvgIpc) is 2.97. The molecule has 31 heavy (non-hydrogen) atoms. The number of hydrogen-bond acceptors (Lipinski definition) is 5. The van der Waals surface area contributed by atoms with Crippen LogP contribution in [0.4, 0.5) is 13.2 Å². The Balaban J connectivity index is 2.11. The van der Waals surface area contributed by atoms with Gasteiger partial charge in [-0.05, 0) is 35.4 Å². The van der Waals surface area contributed by atoms with E-state index in [1.165, 1.54) is 61.5 Å². The van der Waals surface area contributed by atoms with Crippen molar-refractivity contribution in [2.24, 2.45) is 10.7 Å². The fraction of sp³-hybridized carbons (Fsp3) is 0.273. The van der Waals surface area contributed by atoms with Crippen LogP contribution in [-0.4, -0.2) is 44.1 Å². The number of likely N-dealkylation sites (N-methyl/N-ethyl adjacent to an activating group) is 1. The minimum Gasteiger partial charge on any atom is -0.435 e. The second kappa shape index (κ2) is 9.10. The standard InChI is InChI=1S/C22H20F3N3O3/c1-28-19(29)22(27-21(28)26,15-6-9-17(10-7-15)31-20(24)25)16-8-11-18(23)14(13-16)5-3-4-12-30-2/h6-11,13,20H,4,12H2,1-2H3,(H2,26,27)/t22-/m1/s1. The quantitative estimate of drug-likeness (QED) is 0.564. The van der Waals surface area contributed by atoms with E-state index in [9.17, 15) is 18.0 Å². The third-order valence-electron chi connectivity index (χ3n) is 4.78. The fourth-order valence-corrected chi connectivity index (χ4v) is 3.22. The van der Waals surface area contributed by atoms with Crippen LogP contribution in [0.25, 0.3) is 0 Å². The van der Waals surface area contributed by atoms with Crippen LogP contribution in [0.2, 0.25) is 0 Å². The molecule has 1 aliphatic heterocycles. The van der Waals surface area contributed by atoms with E-state index in [4.69, 9.17) is 10.5 Å². The molecule has 0 saturated carbocycles. The summed E-state index contributed by atoms with van der Waals surface area (Å²) >= 11 is 0. The minimum absolute atomic E-state index is 0.0324. The van der Waals surface area contributed by atoms with E-state index < -0.39 is 23.9 Å². The molecule has 1 aliphatic rings. The molecule has 0 unspecified atom stereocenters. The number of amides is 1. The number of methoxy groups -OCH3 is 1. The highest BCUT2D eigenvalue weighted by molar-refractivity contribution is 6.08. The highest BCUT2D eigenvalue weighted by Crippen LogP contribution is 2.40. The Labute approximate surface area is 177 Å². The molecule has 0 radical (unpaired) electrons. The molecule has 6 nitrogen and oxygen atoms in total. The lowest BCUT2D eigenvalue weighted by Gasteiger charge is -2.26. The molecule has 0 aromatic heterocycles. The number of aliphatic imine (C=N–C) groups is 1. The van der Waals surface area contributed by atoms with Crippen LogP contribution in [0.5, 0.6) is 5.75 Å². The summed E-state index contributed by atoms with van der Waals surface area (Å²) in [6, 6.07) is 9.55. The van der Waals surface area contributed by atoms with E-state index in [1.54, 1.807) is 0 Å². The lowest BCUT2D eigenvalue weighted by atomic mass is 9.82. The van der Waals surface area contributed by atoms with Gasteiger partial charge in [0.1, 0.15) is 11.6 Å². The van der Waals surface area contributed by atoms with Crippen molar-refractivity contribution in [2.45, 2.75) is 18.6 Å². The number of ether oxygens (including phenoxy) is 2. The summed E-state index contributed by atoms with van der Waals surface area (Å²) in [5.74, 6) is 4.41. The zero-order valence-corrected chi connectivity index (χ0v) is 16.9. The van der Waals surface area contributed by atoms with Crippen molar-refractivity contribution in [3.05, 3.63) is 65.0 Å². The summed E-state index contributed by atoms with van der Waals surface area (Å²) in [6.07, 6.45) is 0.406. The summed E-state index contributed by atoms with van der Waals surface area (Å²) in [6.45, 7) is -2.58. The maximum atomic E-state index is 14.3. The Morgan fingerprint density at radius 2 is 1.87 bits per heavy atom. The molecule has 0 saturated heterocycles. The number of hydrogen-bond donors (Lipinski definition) is 1. The van der Waals surface area contributed by atoms with Gasteiger partial charge >= 0.3 is 6.61 Å². The van der Waals surface area contributed by atoms with Crippen molar-refractivity contribution < 1.29 is 27.4 Å². The Morgan fingerprint density at radius 1 is 1.19 bits per heavy atom. The topological polar surface area (TPSA) is 77.2 Å². The number of alkyl halides is 2. The predicted molar refractivity (Wildman–Crippen MR) is 108 cm³/mol. The summed E-state index contributed by atoms with van der Waals surface area (Å²) < 4.78 is 48.6. The monoisotopic (exact) mass is 431 g/mol. The molecule has 1 amide bonds. The van der Waals surface area contributed by atoms with Gasteiger partial charge in [-0.2, -0.15) is 8.78 Å². The van der Waals surface area contributed by atoms with Crippen LogP contribution in [0, 0.1) is 17.7 Å². The third-order valence-corrected chi connectivity index (χ3v) is 4.78. The fourth-order valence-electron chi connectivity index (χ4n) is 3.22. The number of nitrogens with two attached hydrogens (primary N) is 1. The number of guanidine groups is 1. The smallest absolute Gasteiger partial charge is 0.387 e. The molecule has 1 atom stereocenters. The molecular weight excluding hydrogens is 411 g/mol. The number of benzene rings is 2. The molecule has 3 rings (SSSR count). The maximum absolute atomic E-state index is 14.3. The Bertz CT molecular complexity index is 1060. The van der Waals surface area contributed by atoms with Gasteiger partial charge in [0.05, 0.1) is 12.2 Å². The number of halogens is 3. The molecule has 1 heterocycles. The van der Waals surface area contributed by atoms with Gasteiger partial charge in [-0.15, -0.1) is 0 Å². The third kappa shape index (κ3) is 4.34. The van der Waals surface area contributed by atoms with Crippen LogP contribution < -0.4 is 10.5 Å². The number of carbonyl (C=O) groups excluding carboxylic acids is 1. The van der Waals surface area contributed by atoms with Crippen molar-refractivity contribution in [3.8, 4) is 17.6 Å². The molecule has 2 N–H and O–H groups in total. The predicted octanol–water partition coefficient (Wildman–Crippen LogP) is 2.85. The SMILES string of the molecule is COCCC#Cc1cc([C@@]2(c3ccc(OC(F)F)cc3)N=C(N)N(C)C2=O)ccc1F. The molecule has 0 aliphatic carbocycles. The van der Waals surface area contributed by atoms with Crippen molar-refractivity contribution in [3.63, 3.8) is 0 Å². The van der Waals surface area contributed by atoms with Gasteiger partial charge in [-0.25, -0.2) is 9.38 Å². The van der Waals surface area contributed by atoms with E-state index in [2.05, 4.69) is 21.6 Å². The van der Waals surface area contributed by atoms with Crippen LogP contribution >= 0.6 is 0 Å². The summed E-state index contributed by atoms with van der Waals surface area (Å²) in [4.78, 5) is 18.8. The van der Waals surface area contributed by atoms with E-state index in [1.807, 2.05) is 0 Å². The van der Waals surface area contributed by atoms with Crippen LogP contribution in [0.1, 0.15) is 23.1 Å². The largest absolute Gasteiger partial charge is 0.435 e. The van der Waals surface area contributed by atoms with Crippen molar-refractivity contribution in [1.29, 1.82) is 0 Å².